The molecule has 116 valence electrons. The van der Waals surface area contributed by atoms with Gasteiger partial charge in [-0.2, -0.15) is 0 Å². The van der Waals surface area contributed by atoms with Gasteiger partial charge >= 0.3 is 5.91 Å². The van der Waals surface area contributed by atoms with Crippen molar-refractivity contribution in [2.24, 2.45) is 0 Å². The molecule has 0 atom stereocenters. The third-order valence-corrected chi connectivity index (χ3v) is 4.12. The van der Waals surface area contributed by atoms with Crippen LogP contribution in [-0.4, -0.2) is 16.1 Å². The molecule has 2 aromatic carbocycles. The molecule has 0 aliphatic rings. The first-order chi connectivity index (χ1) is 11.2. The topological polar surface area (TPSA) is 64.9 Å². The summed E-state index contributed by atoms with van der Waals surface area (Å²) in [6.45, 7) is 2.07. The minimum Gasteiger partial charge on any atom is -0.310 e. The number of hydrogen-bond donors (Lipinski definition) is 1. The second-order valence-corrected chi connectivity index (χ2v) is 5.59. The number of pyridine rings is 1. The molecular weight excluding hydrogens is 288 g/mol. The van der Waals surface area contributed by atoms with Crippen LogP contribution in [0.4, 0.5) is 0 Å². The lowest BCUT2D eigenvalue weighted by molar-refractivity contribution is 0.0706. The van der Waals surface area contributed by atoms with Gasteiger partial charge in [-0.1, -0.05) is 42.5 Å². The molecule has 0 saturated carbocycles. The van der Waals surface area contributed by atoms with Gasteiger partial charge < -0.3 is 5.21 Å². The molecule has 3 N–H and O–H groups in total. The summed E-state index contributed by atoms with van der Waals surface area (Å²) in [6, 6.07) is 16.3. The van der Waals surface area contributed by atoms with E-state index in [0.717, 1.165) is 29.3 Å². The van der Waals surface area contributed by atoms with E-state index in [0.29, 0.717) is 5.56 Å². The summed E-state index contributed by atoms with van der Waals surface area (Å²) < 4.78 is 0. The molecule has 0 fully saturated rings. The van der Waals surface area contributed by atoms with E-state index in [1.807, 2.05) is 17.6 Å². The van der Waals surface area contributed by atoms with Crippen molar-refractivity contribution in [3.63, 3.8) is 0 Å². The molecular formula is C19H19N2O2+. The zero-order chi connectivity index (χ0) is 16.2. The van der Waals surface area contributed by atoms with Gasteiger partial charge in [0.15, 0.2) is 0 Å². The minimum atomic E-state index is -0.440. The molecule has 0 aliphatic carbocycles. The number of rotatable bonds is 4. The molecule has 0 saturated heterocycles. The van der Waals surface area contributed by atoms with Crippen LogP contribution in [0.1, 0.15) is 27.0 Å². The molecule has 1 heterocycles. The zero-order valence-corrected chi connectivity index (χ0v) is 13.0. The molecule has 23 heavy (non-hydrogen) atoms. The average Bonchev–Trinajstić information content (AvgIpc) is 2.61. The molecule has 3 rings (SSSR count). The standard InChI is InChI=1S/C19H18N2O2/c1-13-15(8-7-14-5-3-2-4-6-14)9-10-16-11-17(19(22)21-23)12-20-18(13)16/h2-6,9-12,23H,7-8H2,1H3,(H,21,22)/p+1. The Hall–Kier alpha value is -2.72. The quantitative estimate of drug-likeness (QED) is 0.595. The van der Waals surface area contributed by atoms with Crippen molar-refractivity contribution in [2.75, 3.05) is 0 Å². The molecule has 0 aliphatic heterocycles. The Kier molecular flexibility index (Phi) is 4.35. The number of benzene rings is 2. The summed E-state index contributed by atoms with van der Waals surface area (Å²) in [7, 11) is 0. The van der Waals surface area contributed by atoms with Gasteiger partial charge in [0, 0.05) is 11.6 Å². The van der Waals surface area contributed by atoms with Crippen molar-refractivity contribution >= 4 is 16.8 Å². The highest BCUT2D eigenvalue weighted by Gasteiger charge is 2.10. The lowest BCUT2D eigenvalue weighted by atomic mass is 9.97. The molecule has 1 aromatic heterocycles. The van der Waals surface area contributed by atoms with Crippen LogP contribution in [0, 0.1) is 6.92 Å². The minimum absolute atomic E-state index is 0.406. The van der Waals surface area contributed by atoms with Gasteiger partial charge in [-0.15, -0.1) is 5.48 Å². The number of aromatic nitrogens is 1. The van der Waals surface area contributed by atoms with Crippen LogP contribution in [-0.2, 0) is 12.8 Å². The zero-order valence-electron chi connectivity index (χ0n) is 13.0. The molecule has 4 heteroatoms. The highest BCUT2D eigenvalue weighted by molar-refractivity contribution is 5.97. The summed E-state index contributed by atoms with van der Waals surface area (Å²) in [5.74, 6) is -0.440. The molecule has 1 amide bonds. The molecule has 3 aromatic rings. The molecule has 4 nitrogen and oxygen atoms in total. The van der Waals surface area contributed by atoms with Gasteiger partial charge in [0.25, 0.3) is 0 Å². The Bertz CT molecular complexity index is 845. The SMILES string of the molecule is Cc1c(CCc2ccccc2)ccc2cc(C(=O)N[OH2+])cnc12. The van der Waals surface area contributed by atoms with Crippen LogP contribution in [0.2, 0.25) is 0 Å². The van der Waals surface area contributed by atoms with Crippen LogP contribution >= 0.6 is 0 Å². The highest BCUT2D eigenvalue weighted by Crippen LogP contribution is 2.22. The van der Waals surface area contributed by atoms with Crippen molar-refractivity contribution in [3.8, 4) is 0 Å². The van der Waals surface area contributed by atoms with Crippen molar-refractivity contribution in [1.82, 2.24) is 10.5 Å². The third-order valence-electron chi connectivity index (χ3n) is 4.12. The number of carbonyl (C=O) groups excluding carboxylic acids is 1. The number of nitrogens with one attached hydrogen (secondary N) is 1. The first kappa shape index (κ1) is 15.2. The molecule has 0 unspecified atom stereocenters. The number of carbonyl (C=O) groups is 1. The summed E-state index contributed by atoms with van der Waals surface area (Å²) in [6.07, 6.45) is 3.48. The van der Waals surface area contributed by atoms with Gasteiger partial charge in [-0.05, 0) is 42.5 Å². The molecule has 0 radical (unpaired) electrons. The Morgan fingerprint density at radius 1 is 1.13 bits per heavy atom. The van der Waals surface area contributed by atoms with E-state index in [1.54, 1.807) is 6.07 Å². The summed E-state index contributed by atoms with van der Waals surface area (Å²) in [5.41, 5.74) is 6.94. The summed E-state index contributed by atoms with van der Waals surface area (Å²) in [5, 5.41) is 7.86. The Labute approximate surface area is 134 Å². The van der Waals surface area contributed by atoms with Crippen molar-refractivity contribution in [2.45, 2.75) is 19.8 Å². The van der Waals surface area contributed by atoms with Gasteiger partial charge in [0.1, 0.15) is 0 Å². The van der Waals surface area contributed by atoms with Crippen LogP contribution in [0.3, 0.4) is 0 Å². The maximum atomic E-state index is 11.5. The summed E-state index contributed by atoms with van der Waals surface area (Å²) >= 11 is 0. The maximum Gasteiger partial charge on any atom is 0.315 e. The number of amides is 1. The van der Waals surface area contributed by atoms with E-state index >= 15 is 0 Å². The van der Waals surface area contributed by atoms with E-state index in [4.69, 9.17) is 5.21 Å². The lowest BCUT2D eigenvalue weighted by Gasteiger charge is -2.10. The highest BCUT2D eigenvalue weighted by atomic mass is 16.5. The number of hydroxylamine groups is 1. The Balaban J connectivity index is 1.88. The van der Waals surface area contributed by atoms with Crippen LogP contribution < -0.4 is 5.48 Å². The van der Waals surface area contributed by atoms with Crippen LogP contribution in [0.15, 0.2) is 54.7 Å². The van der Waals surface area contributed by atoms with E-state index in [1.165, 1.54) is 17.3 Å². The largest absolute Gasteiger partial charge is 0.315 e. The number of aryl methyl sites for hydroxylation is 3. The van der Waals surface area contributed by atoms with Gasteiger partial charge in [-0.25, -0.2) is 0 Å². The second-order valence-electron chi connectivity index (χ2n) is 5.59. The van der Waals surface area contributed by atoms with Crippen molar-refractivity contribution in [3.05, 3.63) is 77.0 Å². The van der Waals surface area contributed by atoms with E-state index in [9.17, 15) is 4.79 Å². The normalized spacial score (nSPS) is 10.7. The fourth-order valence-electron chi connectivity index (χ4n) is 2.78. The maximum absolute atomic E-state index is 11.5. The predicted octanol–water partition coefficient (Wildman–Crippen LogP) is 2.70. The second kappa shape index (κ2) is 6.58. The predicted molar refractivity (Wildman–Crippen MR) is 91.4 cm³/mol. The van der Waals surface area contributed by atoms with Crippen molar-refractivity contribution in [1.29, 1.82) is 0 Å². The van der Waals surface area contributed by atoms with E-state index < -0.39 is 5.91 Å². The number of fused-ring (bicyclic) bond motifs is 1. The first-order valence-electron chi connectivity index (χ1n) is 7.58. The fraction of sp³-hybridized carbons (Fsp3) is 0.158. The third kappa shape index (κ3) is 3.22. The number of nitrogens with zero attached hydrogens (tertiary/aromatic N) is 1. The van der Waals surface area contributed by atoms with Crippen LogP contribution in [0.5, 0.6) is 0 Å². The average molecular weight is 307 g/mol. The lowest BCUT2D eigenvalue weighted by Crippen LogP contribution is -2.18. The Morgan fingerprint density at radius 2 is 1.91 bits per heavy atom. The van der Waals surface area contributed by atoms with Gasteiger partial charge in [0.2, 0.25) is 0 Å². The molecule has 0 bridgehead atoms. The van der Waals surface area contributed by atoms with E-state index in [2.05, 4.69) is 42.2 Å². The number of hydrogen-bond acceptors (Lipinski definition) is 2. The Morgan fingerprint density at radius 3 is 2.65 bits per heavy atom. The monoisotopic (exact) mass is 307 g/mol. The first-order valence-corrected chi connectivity index (χ1v) is 7.58. The van der Waals surface area contributed by atoms with Gasteiger partial charge in [-0.3, -0.25) is 9.78 Å². The van der Waals surface area contributed by atoms with Crippen molar-refractivity contribution < 1.29 is 10.0 Å². The smallest absolute Gasteiger partial charge is 0.310 e. The fourth-order valence-corrected chi connectivity index (χ4v) is 2.78. The van der Waals surface area contributed by atoms with Gasteiger partial charge in [0.05, 0.1) is 11.1 Å². The molecule has 0 spiro atoms. The summed E-state index contributed by atoms with van der Waals surface area (Å²) in [4.78, 5) is 16.0. The van der Waals surface area contributed by atoms with Crippen LogP contribution in [0.25, 0.3) is 10.9 Å². The van der Waals surface area contributed by atoms with E-state index in [-0.39, 0.29) is 0 Å².